The van der Waals surface area contributed by atoms with Crippen LogP contribution in [0.5, 0.6) is 0 Å². The molecule has 0 aliphatic heterocycles. The second kappa shape index (κ2) is 4.98. The van der Waals surface area contributed by atoms with E-state index in [2.05, 4.69) is 15.9 Å². The monoisotopic (exact) mass is 310 g/mol. The van der Waals surface area contributed by atoms with Crippen molar-refractivity contribution in [1.82, 2.24) is 0 Å². The lowest BCUT2D eigenvalue weighted by Gasteiger charge is -2.05. The Balaban J connectivity index is 2.51. The fraction of sp³-hybridized carbons (Fsp3) is 0.0714. The number of halogens is 3. The van der Waals surface area contributed by atoms with Gasteiger partial charge in [-0.3, -0.25) is 4.79 Å². The van der Waals surface area contributed by atoms with Crippen LogP contribution in [0.25, 0.3) is 0 Å². The number of carbonyl (C=O) groups is 1. The van der Waals surface area contributed by atoms with E-state index in [1.54, 1.807) is 13.0 Å². The van der Waals surface area contributed by atoms with Crippen LogP contribution >= 0.6 is 15.9 Å². The highest BCUT2D eigenvalue weighted by atomic mass is 79.9. The number of benzene rings is 2. The minimum absolute atomic E-state index is 0.0747. The molecule has 0 N–H and O–H groups in total. The van der Waals surface area contributed by atoms with Crippen molar-refractivity contribution in [1.29, 1.82) is 0 Å². The van der Waals surface area contributed by atoms with Crippen molar-refractivity contribution < 1.29 is 13.6 Å². The van der Waals surface area contributed by atoms with Crippen LogP contribution in [0.2, 0.25) is 0 Å². The van der Waals surface area contributed by atoms with Gasteiger partial charge in [0.2, 0.25) is 0 Å². The second-order valence-electron chi connectivity index (χ2n) is 3.95. The van der Waals surface area contributed by atoms with Gasteiger partial charge in [0.15, 0.2) is 5.78 Å². The van der Waals surface area contributed by atoms with Gasteiger partial charge in [0.1, 0.15) is 11.6 Å². The summed E-state index contributed by atoms with van der Waals surface area (Å²) < 4.78 is 27.2. The third kappa shape index (κ3) is 2.48. The summed E-state index contributed by atoms with van der Waals surface area (Å²) in [4.78, 5) is 12.1. The predicted octanol–water partition coefficient (Wildman–Crippen LogP) is 4.27. The zero-order chi connectivity index (χ0) is 13.3. The van der Waals surface area contributed by atoms with Crippen LogP contribution in [0, 0.1) is 18.6 Å². The number of hydrogen-bond acceptors (Lipinski definition) is 1. The molecule has 2 rings (SSSR count). The summed E-state index contributed by atoms with van der Waals surface area (Å²) in [6.45, 7) is 1.68. The molecule has 0 unspecified atom stereocenters. The molecule has 0 fully saturated rings. The van der Waals surface area contributed by atoms with Crippen LogP contribution in [-0.2, 0) is 0 Å². The Morgan fingerprint density at radius 1 is 1.17 bits per heavy atom. The average Bonchev–Trinajstić information content (AvgIpc) is 2.30. The second-order valence-corrected chi connectivity index (χ2v) is 4.80. The molecule has 1 nitrogen and oxygen atoms in total. The topological polar surface area (TPSA) is 17.1 Å². The van der Waals surface area contributed by atoms with Gasteiger partial charge in [-0.25, -0.2) is 8.78 Å². The molecule has 0 atom stereocenters. The zero-order valence-corrected chi connectivity index (χ0v) is 11.1. The van der Waals surface area contributed by atoms with E-state index in [0.717, 1.165) is 6.07 Å². The molecule has 0 saturated heterocycles. The van der Waals surface area contributed by atoms with Crippen LogP contribution in [0.1, 0.15) is 21.5 Å². The fourth-order valence-electron chi connectivity index (χ4n) is 1.70. The Bertz CT molecular complexity index is 603. The number of hydrogen-bond donors (Lipinski definition) is 0. The van der Waals surface area contributed by atoms with E-state index in [9.17, 15) is 13.6 Å². The maximum absolute atomic E-state index is 13.8. The summed E-state index contributed by atoms with van der Waals surface area (Å²) in [5.41, 5.74) is 0.688. The lowest BCUT2D eigenvalue weighted by molar-refractivity contribution is 0.103. The van der Waals surface area contributed by atoms with Crippen molar-refractivity contribution in [2.45, 2.75) is 6.92 Å². The van der Waals surface area contributed by atoms with E-state index in [1.807, 2.05) is 0 Å². The molecule has 2 aromatic rings. The van der Waals surface area contributed by atoms with Crippen molar-refractivity contribution in [3.05, 3.63) is 69.2 Å². The molecule has 0 aromatic heterocycles. The minimum atomic E-state index is -0.635. The first-order chi connectivity index (χ1) is 8.49. The van der Waals surface area contributed by atoms with E-state index >= 15 is 0 Å². The van der Waals surface area contributed by atoms with E-state index < -0.39 is 17.4 Å². The van der Waals surface area contributed by atoms with Gasteiger partial charge in [-0.2, -0.15) is 0 Å². The third-order valence-electron chi connectivity index (χ3n) is 2.50. The lowest BCUT2D eigenvalue weighted by Crippen LogP contribution is -2.05. The number of aryl methyl sites for hydroxylation is 1. The molecule has 0 heterocycles. The molecule has 0 radical (unpaired) electrons. The molecule has 0 spiro atoms. The first-order valence-corrected chi connectivity index (χ1v) is 6.04. The number of carbonyl (C=O) groups excluding carboxylic acids is 1. The first kappa shape index (κ1) is 12.9. The summed E-state index contributed by atoms with van der Waals surface area (Å²) in [6, 6.07) is 8.40. The third-order valence-corrected chi connectivity index (χ3v) is 3.11. The zero-order valence-electron chi connectivity index (χ0n) is 9.51. The van der Waals surface area contributed by atoms with Crippen LogP contribution in [0.15, 0.2) is 40.9 Å². The summed E-state index contributed by atoms with van der Waals surface area (Å²) in [5.74, 6) is -1.67. The van der Waals surface area contributed by atoms with Gasteiger partial charge < -0.3 is 0 Å². The molecule has 0 saturated carbocycles. The van der Waals surface area contributed by atoms with Gasteiger partial charge >= 0.3 is 0 Å². The molecule has 18 heavy (non-hydrogen) atoms. The van der Waals surface area contributed by atoms with Crippen molar-refractivity contribution in [2.24, 2.45) is 0 Å². The molecular weight excluding hydrogens is 302 g/mol. The van der Waals surface area contributed by atoms with Crippen molar-refractivity contribution in [2.75, 3.05) is 0 Å². The quantitative estimate of drug-likeness (QED) is 0.757. The summed E-state index contributed by atoms with van der Waals surface area (Å²) in [5, 5.41) is 0. The molecule has 92 valence electrons. The predicted molar refractivity (Wildman–Crippen MR) is 68.7 cm³/mol. The highest BCUT2D eigenvalue weighted by Crippen LogP contribution is 2.22. The smallest absolute Gasteiger partial charge is 0.196 e. The van der Waals surface area contributed by atoms with Gasteiger partial charge in [0.25, 0.3) is 0 Å². The molecule has 0 bridgehead atoms. The Labute approximate surface area is 112 Å². The summed E-state index contributed by atoms with van der Waals surface area (Å²) in [6.07, 6.45) is 0. The molecule has 0 amide bonds. The van der Waals surface area contributed by atoms with E-state index in [0.29, 0.717) is 5.56 Å². The highest BCUT2D eigenvalue weighted by molar-refractivity contribution is 9.10. The van der Waals surface area contributed by atoms with Crippen molar-refractivity contribution in [3.8, 4) is 0 Å². The van der Waals surface area contributed by atoms with Gasteiger partial charge in [0, 0.05) is 5.56 Å². The molecular formula is C14H9BrF2O. The Morgan fingerprint density at radius 3 is 2.56 bits per heavy atom. The largest absolute Gasteiger partial charge is 0.288 e. The fourth-order valence-corrected chi connectivity index (χ4v) is 2.07. The molecule has 0 aliphatic rings. The van der Waals surface area contributed by atoms with Crippen LogP contribution in [-0.4, -0.2) is 5.78 Å². The van der Waals surface area contributed by atoms with E-state index in [1.165, 1.54) is 24.3 Å². The van der Waals surface area contributed by atoms with Crippen LogP contribution in [0.4, 0.5) is 8.78 Å². The summed E-state index contributed by atoms with van der Waals surface area (Å²) >= 11 is 3.01. The molecule has 4 heteroatoms. The van der Waals surface area contributed by atoms with Crippen LogP contribution in [0.3, 0.4) is 0 Å². The van der Waals surface area contributed by atoms with Gasteiger partial charge in [-0.15, -0.1) is 0 Å². The van der Waals surface area contributed by atoms with Crippen molar-refractivity contribution in [3.63, 3.8) is 0 Å². The van der Waals surface area contributed by atoms with E-state index in [4.69, 9.17) is 0 Å². The Morgan fingerprint density at radius 2 is 1.89 bits per heavy atom. The molecule has 0 aliphatic carbocycles. The average molecular weight is 311 g/mol. The minimum Gasteiger partial charge on any atom is -0.288 e. The standard InChI is InChI=1S/C14H9BrF2O/c1-8-5-9(7-10(16)6-8)14(18)11-3-2-4-12(15)13(11)17/h2-7H,1H3. The van der Waals surface area contributed by atoms with Gasteiger partial charge in [0.05, 0.1) is 10.0 Å². The number of ketones is 1. The van der Waals surface area contributed by atoms with Crippen LogP contribution < -0.4 is 0 Å². The number of rotatable bonds is 2. The maximum atomic E-state index is 13.8. The first-order valence-electron chi connectivity index (χ1n) is 5.25. The lowest BCUT2D eigenvalue weighted by atomic mass is 10.0. The van der Waals surface area contributed by atoms with Gasteiger partial charge in [-0.05, 0) is 58.7 Å². The Hall–Kier alpha value is -1.55. The molecule has 2 aromatic carbocycles. The highest BCUT2D eigenvalue weighted by Gasteiger charge is 2.16. The SMILES string of the molecule is Cc1cc(F)cc(C(=O)c2cccc(Br)c2F)c1. The van der Waals surface area contributed by atoms with Crippen molar-refractivity contribution >= 4 is 21.7 Å². The Kier molecular flexibility index (Phi) is 3.57. The van der Waals surface area contributed by atoms with E-state index in [-0.39, 0.29) is 15.6 Å². The summed E-state index contributed by atoms with van der Waals surface area (Å²) in [7, 11) is 0. The maximum Gasteiger partial charge on any atom is 0.196 e. The van der Waals surface area contributed by atoms with Gasteiger partial charge in [-0.1, -0.05) is 6.07 Å². The normalized spacial score (nSPS) is 10.4.